The summed E-state index contributed by atoms with van der Waals surface area (Å²) in [7, 11) is 0. The minimum Gasteiger partial charge on any atom is -0.504 e. The van der Waals surface area contributed by atoms with Crippen molar-refractivity contribution in [1.82, 2.24) is 9.88 Å². The number of hydrogen-bond donors (Lipinski definition) is 1. The summed E-state index contributed by atoms with van der Waals surface area (Å²) in [6, 6.07) is 5.66. The zero-order chi connectivity index (χ0) is 18.4. The van der Waals surface area contributed by atoms with Crippen LogP contribution in [0.1, 0.15) is 47.9 Å². The molecule has 1 aromatic heterocycles. The average molecular weight is 387 g/mol. The van der Waals surface area contributed by atoms with Gasteiger partial charge in [0.2, 0.25) is 0 Å². The molecule has 2 atom stereocenters. The van der Waals surface area contributed by atoms with Crippen molar-refractivity contribution in [3.05, 3.63) is 39.8 Å². The highest BCUT2D eigenvalue weighted by atomic mass is 32.1. The summed E-state index contributed by atoms with van der Waals surface area (Å²) >= 11 is 1.74. The normalized spacial score (nSPS) is 27.0. The summed E-state index contributed by atoms with van der Waals surface area (Å²) in [5.41, 5.74) is 3.88. The molecule has 27 heavy (non-hydrogen) atoms. The fraction of sp³-hybridized carbons (Fsp3) is 0.571. The van der Waals surface area contributed by atoms with Gasteiger partial charge in [0.1, 0.15) is 5.60 Å². The van der Waals surface area contributed by atoms with Gasteiger partial charge >= 0.3 is 0 Å². The van der Waals surface area contributed by atoms with Crippen LogP contribution in [0.5, 0.6) is 11.5 Å². The van der Waals surface area contributed by atoms with Gasteiger partial charge in [0, 0.05) is 55.4 Å². The molecule has 5 nitrogen and oxygen atoms in total. The number of aromatic nitrogens is 1. The Morgan fingerprint density at radius 1 is 1.33 bits per heavy atom. The number of aromatic hydroxyl groups is 1. The third-order valence-electron chi connectivity index (χ3n) is 6.55. The molecule has 2 fully saturated rings. The standard InChI is InChI=1S/C21H26N2O3S/c1-14-18(27-13-22-14)12-23-9-7-21(8-10-23)16-5-3-11-25-19(16)15-4-2-6-17(24)20(15)26-21/h2,4,6,13,16,19,24H,3,5,7-12H2,1H3/t16-,19+/m0/s1. The van der Waals surface area contributed by atoms with E-state index < -0.39 is 0 Å². The van der Waals surface area contributed by atoms with Crippen molar-refractivity contribution in [2.24, 2.45) is 5.92 Å². The van der Waals surface area contributed by atoms with Gasteiger partial charge in [-0.15, -0.1) is 11.3 Å². The van der Waals surface area contributed by atoms with E-state index in [1.54, 1.807) is 17.4 Å². The van der Waals surface area contributed by atoms with Crippen molar-refractivity contribution in [1.29, 1.82) is 0 Å². The molecule has 2 saturated heterocycles. The van der Waals surface area contributed by atoms with Crippen molar-refractivity contribution in [2.45, 2.75) is 50.9 Å². The minimum atomic E-state index is -0.226. The van der Waals surface area contributed by atoms with Crippen LogP contribution in [0.15, 0.2) is 23.7 Å². The molecule has 5 rings (SSSR count). The maximum Gasteiger partial charge on any atom is 0.167 e. The number of likely N-dealkylation sites (tertiary alicyclic amines) is 1. The van der Waals surface area contributed by atoms with E-state index in [9.17, 15) is 5.11 Å². The minimum absolute atomic E-state index is 0.0462. The van der Waals surface area contributed by atoms with Gasteiger partial charge in [0.25, 0.3) is 0 Å². The molecule has 0 bridgehead atoms. The number of piperidine rings is 1. The lowest BCUT2D eigenvalue weighted by Gasteiger charge is -2.53. The lowest BCUT2D eigenvalue weighted by molar-refractivity contribution is -0.150. The lowest BCUT2D eigenvalue weighted by Crippen LogP contribution is -2.57. The number of para-hydroxylation sites is 1. The number of aryl methyl sites for hydroxylation is 1. The maximum absolute atomic E-state index is 10.4. The molecular formula is C21H26N2O3S. The van der Waals surface area contributed by atoms with Crippen LogP contribution >= 0.6 is 11.3 Å². The van der Waals surface area contributed by atoms with Gasteiger partial charge in [0.15, 0.2) is 11.5 Å². The summed E-state index contributed by atoms with van der Waals surface area (Å²) in [4.78, 5) is 8.24. The summed E-state index contributed by atoms with van der Waals surface area (Å²) in [6.45, 7) is 5.86. The number of rotatable bonds is 2. The molecule has 0 radical (unpaired) electrons. The molecule has 0 saturated carbocycles. The van der Waals surface area contributed by atoms with E-state index in [1.165, 1.54) is 4.88 Å². The second kappa shape index (κ2) is 6.76. The predicted octanol–water partition coefficient (Wildman–Crippen LogP) is 4.05. The number of hydrogen-bond acceptors (Lipinski definition) is 6. The van der Waals surface area contributed by atoms with Crippen LogP contribution in [-0.4, -0.2) is 40.3 Å². The predicted molar refractivity (Wildman–Crippen MR) is 104 cm³/mol. The molecule has 1 spiro atoms. The van der Waals surface area contributed by atoms with Gasteiger partial charge < -0.3 is 14.6 Å². The van der Waals surface area contributed by atoms with Crippen molar-refractivity contribution in [3.63, 3.8) is 0 Å². The molecule has 1 N–H and O–H groups in total. The SMILES string of the molecule is Cc1ncsc1CN1CCC2(CC1)Oc1c(O)cccc1[C@H]1OCCC[C@@H]12. The van der Waals surface area contributed by atoms with Gasteiger partial charge in [-0.05, 0) is 25.8 Å². The van der Waals surface area contributed by atoms with E-state index in [0.717, 1.165) is 63.2 Å². The van der Waals surface area contributed by atoms with Gasteiger partial charge in [0.05, 0.1) is 17.3 Å². The number of phenols is 1. The third kappa shape index (κ3) is 2.94. The van der Waals surface area contributed by atoms with Crippen molar-refractivity contribution in [2.75, 3.05) is 19.7 Å². The molecule has 1 aromatic carbocycles. The number of nitrogens with zero attached hydrogens (tertiary/aromatic N) is 2. The summed E-state index contributed by atoms with van der Waals surface area (Å²) in [5, 5.41) is 10.4. The Bertz CT molecular complexity index is 829. The number of benzene rings is 1. The number of phenolic OH excluding ortho intramolecular Hbond substituents is 1. The second-order valence-electron chi connectivity index (χ2n) is 8.04. The van der Waals surface area contributed by atoms with Crippen LogP contribution in [0.2, 0.25) is 0 Å². The maximum atomic E-state index is 10.4. The Kier molecular flexibility index (Phi) is 4.37. The van der Waals surface area contributed by atoms with Crippen LogP contribution < -0.4 is 4.74 Å². The molecule has 6 heteroatoms. The lowest BCUT2D eigenvalue weighted by atomic mass is 9.70. The zero-order valence-corrected chi connectivity index (χ0v) is 16.5. The Hall–Kier alpha value is -1.63. The Morgan fingerprint density at radius 3 is 2.96 bits per heavy atom. The molecular weight excluding hydrogens is 360 g/mol. The van der Waals surface area contributed by atoms with E-state index in [0.29, 0.717) is 11.7 Å². The van der Waals surface area contributed by atoms with Crippen LogP contribution in [0.4, 0.5) is 0 Å². The van der Waals surface area contributed by atoms with Gasteiger partial charge in [-0.2, -0.15) is 0 Å². The molecule has 3 aliphatic rings. The molecule has 0 amide bonds. The number of thiazole rings is 1. The van der Waals surface area contributed by atoms with Crippen LogP contribution in [0.3, 0.4) is 0 Å². The van der Waals surface area contributed by atoms with E-state index in [4.69, 9.17) is 9.47 Å². The molecule has 0 aliphatic carbocycles. The fourth-order valence-corrected chi connectivity index (χ4v) is 5.84. The topological polar surface area (TPSA) is 54.8 Å². The first-order chi connectivity index (χ1) is 13.2. The Labute approximate surface area is 163 Å². The Morgan fingerprint density at radius 2 is 2.19 bits per heavy atom. The van der Waals surface area contributed by atoms with Gasteiger partial charge in [-0.3, -0.25) is 4.90 Å². The molecule has 144 valence electrons. The first kappa shape index (κ1) is 17.5. The van der Waals surface area contributed by atoms with E-state index in [-0.39, 0.29) is 17.5 Å². The first-order valence-electron chi connectivity index (χ1n) is 9.90. The van der Waals surface area contributed by atoms with Crippen LogP contribution in [0, 0.1) is 12.8 Å². The zero-order valence-electron chi connectivity index (χ0n) is 15.7. The fourth-order valence-electron chi connectivity index (χ4n) is 5.03. The van der Waals surface area contributed by atoms with Crippen molar-refractivity contribution in [3.8, 4) is 11.5 Å². The second-order valence-corrected chi connectivity index (χ2v) is 8.98. The largest absolute Gasteiger partial charge is 0.504 e. The molecule has 0 unspecified atom stereocenters. The van der Waals surface area contributed by atoms with Crippen molar-refractivity contribution >= 4 is 11.3 Å². The monoisotopic (exact) mass is 386 g/mol. The van der Waals surface area contributed by atoms with Crippen molar-refractivity contribution < 1.29 is 14.6 Å². The Balaban J connectivity index is 1.39. The van der Waals surface area contributed by atoms with Crippen LogP contribution in [-0.2, 0) is 11.3 Å². The first-order valence-corrected chi connectivity index (χ1v) is 10.8. The third-order valence-corrected chi connectivity index (χ3v) is 7.47. The summed E-state index contributed by atoms with van der Waals surface area (Å²) in [6.07, 6.45) is 4.22. The quantitative estimate of drug-likeness (QED) is 0.844. The summed E-state index contributed by atoms with van der Waals surface area (Å²) < 4.78 is 12.8. The van der Waals surface area contributed by atoms with E-state index in [1.807, 2.05) is 17.6 Å². The number of fused-ring (bicyclic) bond motifs is 4. The molecule has 3 aliphatic heterocycles. The van der Waals surface area contributed by atoms with E-state index >= 15 is 0 Å². The average Bonchev–Trinajstić information content (AvgIpc) is 3.10. The number of ether oxygens (including phenoxy) is 2. The highest BCUT2D eigenvalue weighted by Crippen LogP contribution is 2.55. The highest BCUT2D eigenvalue weighted by molar-refractivity contribution is 7.09. The highest BCUT2D eigenvalue weighted by Gasteiger charge is 2.52. The van der Waals surface area contributed by atoms with Gasteiger partial charge in [-0.25, -0.2) is 4.98 Å². The molecule has 4 heterocycles. The summed E-state index contributed by atoms with van der Waals surface area (Å²) in [5.74, 6) is 1.25. The molecule has 2 aromatic rings. The van der Waals surface area contributed by atoms with E-state index in [2.05, 4.69) is 16.8 Å². The van der Waals surface area contributed by atoms with Gasteiger partial charge in [-0.1, -0.05) is 12.1 Å². The smallest absolute Gasteiger partial charge is 0.167 e. The van der Waals surface area contributed by atoms with Crippen LogP contribution in [0.25, 0.3) is 0 Å².